The number of rotatable bonds is 13. The maximum Gasteiger partial charge on any atom is 0.305 e. The summed E-state index contributed by atoms with van der Waals surface area (Å²) in [5.41, 5.74) is -1.45. The highest BCUT2D eigenvalue weighted by molar-refractivity contribution is 9.12. The maximum atomic E-state index is 12.7. The number of allylic oxidation sites excluding steroid dienone is 3. The highest BCUT2D eigenvalue weighted by Crippen LogP contribution is 2.40. The molecule has 0 fully saturated rings. The molecule has 0 saturated carbocycles. The van der Waals surface area contributed by atoms with Crippen molar-refractivity contribution in [1.29, 1.82) is 0 Å². The van der Waals surface area contributed by atoms with Crippen molar-refractivity contribution in [3.63, 3.8) is 0 Å². The number of halogens is 1. The van der Waals surface area contributed by atoms with E-state index in [1.807, 2.05) is 12.2 Å². The Bertz CT molecular complexity index is 681. The summed E-state index contributed by atoms with van der Waals surface area (Å²) in [5.74, 6) is -2.07. The zero-order chi connectivity index (χ0) is 22.6. The summed E-state index contributed by atoms with van der Waals surface area (Å²) in [7, 11) is 1.34. The number of esters is 2. The van der Waals surface area contributed by atoms with Crippen LogP contribution in [-0.2, 0) is 23.9 Å². The van der Waals surface area contributed by atoms with Gasteiger partial charge in [0, 0.05) is 13.3 Å². The molecular formula is C23H33BrO6. The van der Waals surface area contributed by atoms with Crippen LogP contribution in [0.3, 0.4) is 0 Å². The molecule has 1 aliphatic rings. The first-order valence-electron chi connectivity index (χ1n) is 10.5. The van der Waals surface area contributed by atoms with Gasteiger partial charge < -0.3 is 14.6 Å². The van der Waals surface area contributed by atoms with E-state index in [1.165, 1.54) is 20.1 Å². The van der Waals surface area contributed by atoms with E-state index in [4.69, 9.17) is 4.74 Å². The Balaban J connectivity index is 2.88. The van der Waals surface area contributed by atoms with Gasteiger partial charge in [-0.2, -0.15) is 0 Å². The van der Waals surface area contributed by atoms with Crippen LogP contribution < -0.4 is 0 Å². The molecule has 0 radical (unpaired) electrons. The van der Waals surface area contributed by atoms with Gasteiger partial charge in [-0.25, -0.2) is 0 Å². The minimum atomic E-state index is -1.45. The minimum absolute atomic E-state index is 0.249. The highest BCUT2D eigenvalue weighted by atomic mass is 79.9. The summed E-state index contributed by atoms with van der Waals surface area (Å²) in [6.07, 6.45) is 13.8. The molecule has 30 heavy (non-hydrogen) atoms. The van der Waals surface area contributed by atoms with Gasteiger partial charge in [-0.05, 0) is 60.2 Å². The number of methoxy groups -OCH3 is 1. The van der Waals surface area contributed by atoms with Gasteiger partial charge in [-0.3, -0.25) is 14.4 Å². The third-order valence-electron chi connectivity index (χ3n) is 4.95. The average molecular weight is 485 g/mol. The molecule has 3 atom stereocenters. The number of ether oxygens (including phenoxy) is 2. The number of hydrogen-bond acceptors (Lipinski definition) is 6. The molecule has 0 bridgehead atoms. The molecule has 0 heterocycles. The molecule has 1 N–H and O–H groups in total. The predicted octanol–water partition coefficient (Wildman–Crippen LogP) is 4.55. The Kier molecular flexibility index (Phi) is 11.9. The summed E-state index contributed by atoms with van der Waals surface area (Å²) in [4.78, 5) is 35.6. The van der Waals surface area contributed by atoms with E-state index in [1.54, 1.807) is 12.2 Å². The molecule has 168 valence electrons. The van der Waals surface area contributed by atoms with Gasteiger partial charge in [0.1, 0.15) is 11.7 Å². The molecule has 0 aromatic rings. The van der Waals surface area contributed by atoms with Gasteiger partial charge in [0.2, 0.25) is 0 Å². The second kappa shape index (κ2) is 13.5. The van der Waals surface area contributed by atoms with E-state index < -0.39 is 23.6 Å². The summed E-state index contributed by atoms with van der Waals surface area (Å²) < 4.78 is 10.3. The van der Waals surface area contributed by atoms with Gasteiger partial charge in [0.25, 0.3) is 0 Å². The Hall–Kier alpha value is -1.73. The SMILES string of the molecule is CCCCC/C=C\C[C@@]1(O)C=C(Br)C(=O)[C@@H]1[C@H](/C=C/CCCC(=O)OC)OC(C)=O. The van der Waals surface area contributed by atoms with Crippen molar-refractivity contribution < 1.29 is 29.0 Å². The van der Waals surface area contributed by atoms with Crippen molar-refractivity contribution in [2.75, 3.05) is 7.11 Å². The van der Waals surface area contributed by atoms with Gasteiger partial charge in [-0.1, -0.05) is 38.0 Å². The molecule has 0 aromatic carbocycles. The molecule has 0 unspecified atom stereocenters. The van der Waals surface area contributed by atoms with Crippen LogP contribution >= 0.6 is 15.9 Å². The molecule has 0 spiro atoms. The van der Waals surface area contributed by atoms with Crippen molar-refractivity contribution >= 4 is 33.7 Å². The molecule has 0 amide bonds. The third kappa shape index (κ3) is 8.56. The molecule has 0 saturated heterocycles. The lowest BCUT2D eigenvalue weighted by atomic mass is 9.82. The summed E-state index contributed by atoms with van der Waals surface area (Å²) in [6, 6.07) is 0. The first kappa shape index (κ1) is 26.3. The maximum absolute atomic E-state index is 12.7. The summed E-state index contributed by atoms with van der Waals surface area (Å²) in [6.45, 7) is 3.41. The fourth-order valence-corrected chi connectivity index (χ4v) is 4.03. The first-order chi connectivity index (χ1) is 14.2. The molecule has 0 aliphatic heterocycles. The summed E-state index contributed by atoms with van der Waals surface area (Å²) >= 11 is 3.23. The Labute approximate surface area is 187 Å². The van der Waals surface area contributed by atoms with Gasteiger partial charge in [-0.15, -0.1) is 0 Å². The lowest BCUT2D eigenvalue weighted by Crippen LogP contribution is -2.44. The average Bonchev–Trinajstić information content (AvgIpc) is 2.91. The lowest BCUT2D eigenvalue weighted by molar-refractivity contribution is -0.152. The van der Waals surface area contributed by atoms with Crippen molar-refractivity contribution in [1.82, 2.24) is 0 Å². The molecule has 1 aliphatic carbocycles. The van der Waals surface area contributed by atoms with Crippen LogP contribution in [0.5, 0.6) is 0 Å². The Morgan fingerprint density at radius 3 is 2.57 bits per heavy atom. The van der Waals surface area contributed by atoms with Crippen LogP contribution in [-0.4, -0.2) is 41.6 Å². The fourth-order valence-electron chi connectivity index (χ4n) is 3.38. The normalized spacial score (nSPS) is 22.5. The summed E-state index contributed by atoms with van der Waals surface area (Å²) in [5, 5.41) is 11.2. The van der Waals surface area contributed by atoms with Crippen molar-refractivity contribution in [3.8, 4) is 0 Å². The number of Topliss-reactive ketones (excluding diaryl/α,β-unsaturated/α-hetero) is 1. The van der Waals surface area contributed by atoms with E-state index in [0.717, 1.165) is 25.7 Å². The van der Waals surface area contributed by atoms with Crippen molar-refractivity contribution in [2.45, 2.75) is 76.9 Å². The monoisotopic (exact) mass is 484 g/mol. The van der Waals surface area contributed by atoms with E-state index >= 15 is 0 Å². The molecule has 7 heteroatoms. The van der Waals surface area contributed by atoms with Crippen LogP contribution in [0.25, 0.3) is 0 Å². The van der Waals surface area contributed by atoms with Crippen LogP contribution in [0.1, 0.15) is 65.2 Å². The van der Waals surface area contributed by atoms with E-state index in [-0.39, 0.29) is 29.1 Å². The van der Waals surface area contributed by atoms with Crippen LogP contribution in [0.4, 0.5) is 0 Å². The van der Waals surface area contributed by atoms with Crippen LogP contribution in [0, 0.1) is 5.92 Å². The number of carbonyl (C=O) groups is 3. The van der Waals surface area contributed by atoms with E-state index in [2.05, 4.69) is 27.6 Å². The third-order valence-corrected chi connectivity index (χ3v) is 5.57. The van der Waals surface area contributed by atoms with Crippen molar-refractivity contribution in [2.24, 2.45) is 5.92 Å². The first-order valence-corrected chi connectivity index (χ1v) is 11.2. The zero-order valence-electron chi connectivity index (χ0n) is 18.1. The fraction of sp³-hybridized carbons (Fsp3) is 0.609. The second-order valence-electron chi connectivity index (χ2n) is 7.47. The predicted molar refractivity (Wildman–Crippen MR) is 119 cm³/mol. The van der Waals surface area contributed by atoms with Gasteiger partial charge >= 0.3 is 11.9 Å². The largest absolute Gasteiger partial charge is 0.469 e. The highest BCUT2D eigenvalue weighted by Gasteiger charge is 2.50. The van der Waals surface area contributed by atoms with Crippen molar-refractivity contribution in [3.05, 3.63) is 34.9 Å². The number of ketones is 1. The molecule has 1 rings (SSSR count). The quantitative estimate of drug-likeness (QED) is 0.234. The van der Waals surface area contributed by atoms with Gasteiger partial charge in [0.15, 0.2) is 5.78 Å². The number of aliphatic hydroxyl groups is 1. The van der Waals surface area contributed by atoms with Crippen LogP contribution in [0.2, 0.25) is 0 Å². The molecular weight excluding hydrogens is 452 g/mol. The smallest absolute Gasteiger partial charge is 0.305 e. The van der Waals surface area contributed by atoms with E-state index in [0.29, 0.717) is 12.8 Å². The Morgan fingerprint density at radius 1 is 1.23 bits per heavy atom. The zero-order valence-corrected chi connectivity index (χ0v) is 19.7. The van der Waals surface area contributed by atoms with Gasteiger partial charge in [0.05, 0.1) is 17.5 Å². The van der Waals surface area contributed by atoms with E-state index in [9.17, 15) is 19.5 Å². The lowest BCUT2D eigenvalue weighted by Gasteiger charge is -2.31. The molecule has 6 nitrogen and oxygen atoms in total. The number of unbranched alkanes of at least 4 members (excludes halogenated alkanes) is 4. The number of carbonyl (C=O) groups excluding carboxylic acids is 3. The second-order valence-corrected chi connectivity index (χ2v) is 8.32. The minimum Gasteiger partial charge on any atom is -0.469 e. The molecule has 0 aromatic heterocycles. The number of hydrogen-bond donors (Lipinski definition) is 1. The van der Waals surface area contributed by atoms with Crippen LogP contribution in [0.15, 0.2) is 34.9 Å². The Morgan fingerprint density at radius 2 is 1.93 bits per heavy atom. The standard InChI is InChI=1S/C23H33BrO6/c1-4-5-6-7-8-12-15-23(28)16-18(24)22(27)21(23)19(30-17(2)25)13-10-9-11-14-20(26)29-3/h8,10,12-13,16,19,21,28H,4-7,9,11,14-15H2,1-3H3/b12-8-,13-10+/t19-,21-,23+/m0/s1. The topological polar surface area (TPSA) is 89.9 Å².